The fourth-order valence-electron chi connectivity index (χ4n) is 2.44. The summed E-state index contributed by atoms with van der Waals surface area (Å²) in [4.78, 5) is 34.4. The zero-order chi connectivity index (χ0) is 15.6. The summed E-state index contributed by atoms with van der Waals surface area (Å²) in [5, 5.41) is 19.6. The number of hydrogen-bond acceptors (Lipinski definition) is 4. The molecule has 1 fully saturated rings. The van der Waals surface area contributed by atoms with Gasteiger partial charge in [-0.15, -0.1) is 0 Å². The second kappa shape index (κ2) is 5.86. The number of hydrogen-bond donors (Lipinski definition) is 1. The first-order valence-corrected chi connectivity index (χ1v) is 6.33. The topological polar surface area (TPSA) is 101 Å². The van der Waals surface area contributed by atoms with Crippen molar-refractivity contribution in [3.63, 3.8) is 0 Å². The third-order valence-corrected chi connectivity index (χ3v) is 3.42. The summed E-state index contributed by atoms with van der Waals surface area (Å²) in [5.74, 6) is -2.51. The number of amides is 1. The lowest BCUT2D eigenvalue weighted by atomic mass is 10.1. The maximum Gasteiger partial charge on any atom is 0.303 e. The Kier molecular flexibility index (Phi) is 4.15. The molecular weight excluding hydrogens is 283 g/mol. The smallest absolute Gasteiger partial charge is 0.303 e. The van der Waals surface area contributed by atoms with E-state index in [0.717, 1.165) is 18.2 Å². The molecule has 1 aliphatic rings. The number of nitrogens with zero attached hydrogens (tertiary/aromatic N) is 2. The average molecular weight is 296 g/mol. The zero-order valence-electron chi connectivity index (χ0n) is 11.0. The van der Waals surface area contributed by atoms with Gasteiger partial charge in [0.25, 0.3) is 11.6 Å². The third kappa shape index (κ3) is 3.33. The monoisotopic (exact) mass is 296 g/mol. The van der Waals surface area contributed by atoms with Crippen LogP contribution in [0.5, 0.6) is 0 Å². The Labute approximate surface area is 119 Å². The van der Waals surface area contributed by atoms with Crippen molar-refractivity contribution in [2.24, 2.45) is 5.92 Å². The van der Waals surface area contributed by atoms with Gasteiger partial charge in [-0.25, -0.2) is 4.39 Å². The van der Waals surface area contributed by atoms with Crippen molar-refractivity contribution in [1.82, 2.24) is 4.90 Å². The lowest BCUT2D eigenvalue weighted by molar-refractivity contribution is -0.385. The van der Waals surface area contributed by atoms with E-state index in [4.69, 9.17) is 5.11 Å². The summed E-state index contributed by atoms with van der Waals surface area (Å²) in [5.41, 5.74) is -0.765. The van der Waals surface area contributed by atoms with Crippen LogP contribution in [0.4, 0.5) is 10.1 Å². The standard InChI is InChI=1S/C13H13FN2O5/c14-9-1-2-11(16(20)21)10(6-9)13(19)15-4-3-8(7-15)5-12(17)18/h1-2,6,8H,3-5,7H2,(H,17,18). The van der Waals surface area contributed by atoms with Crippen LogP contribution in [0.1, 0.15) is 23.2 Å². The van der Waals surface area contributed by atoms with E-state index in [1.165, 1.54) is 4.90 Å². The van der Waals surface area contributed by atoms with Crippen molar-refractivity contribution in [3.8, 4) is 0 Å². The van der Waals surface area contributed by atoms with Gasteiger partial charge >= 0.3 is 5.97 Å². The van der Waals surface area contributed by atoms with Crippen LogP contribution in [0.2, 0.25) is 0 Å². The van der Waals surface area contributed by atoms with Crippen LogP contribution >= 0.6 is 0 Å². The van der Waals surface area contributed by atoms with Crippen LogP contribution in [0.15, 0.2) is 18.2 Å². The number of carboxylic acids is 1. The largest absolute Gasteiger partial charge is 0.481 e. The number of nitro benzene ring substituents is 1. The SMILES string of the molecule is O=C(O)CC1CCN(C(=O)c2cc(F)ccc2[N+](=O)[O-])C1. The van der Waals surface area contributed by atoms with Crippen molar-refractivity contribution in [1.29, 1.82) is 0 Å². The predicted octanol–water partition coefficient (Wildman–Crippen LogP) is 1.67. The molecule has 8 heteroatoms. The number of aliphatic carboxylic acids is 1. The summed E-state index contributed by atoms with van der Waals surface area (Å²) in [6.07, 6.45) is 0.455. The zero-order valence-corrected chi connectivity index (χ0v) is 11.0. The highest BCUT2D eigenvalue weighted by atomic mass is 19.1. The molecule has 7 nitrogen and oxygen atoms in total. The molecule has 1 atom stereocenters. The molecule has 21 heavy (non-hydrogen) atoms. The Morgan fingerprint density at radius 1 is 1.48 bits per heavy atom. The highest BCUT2D eigenvalue weighted by Crippen LogP contribution is 2.26. The molecule has 1 N–H and O–H groups in total. The Hall–Kier alpha value is -2.51. The minimum absolute atomic E-state index is 0.0605. The Bertz CT molecular complexity index is 604. The summed E-state index contributed by atoms with van der Waals surface area (Å²) >= 11 is 0. The van der Waals surface area contributed by atoms with E-state index in [1.807, 2.05) is 0 Å². The molecule has 0 spiro atoms. The van der Waals surface area contributed by atoms with E-state index >= 15 is 0 Å². The lowest BCUT2D eigenvalue weighted by Crippen LogP contribution is -2.29. The summed E-state index contributed by atoms with van der Waals surface area (Å²) in [6, 6.07) is 2.71. The highest BCUT2D eigenvalue weighted by Gasteiger charge is 2.31. The Morgan fingerprint density at radius 2 is 2.19 bits per heavy atom. The van der Waals surface area contributed by atoms with E-state index in [2.05, 4.69) is 0 Å². The van der Waals surface area contributed by atoms with Crippen LogP contribution < -0.4 is 0 Å². The Morgan fingerprint density at radius 3 is 2.81 bits per heavy atom. The maximum atomic E-state index is 13.2. The van der Waals surface area contributed by atoms with Crippen LogP contribution in [0.3, 0.4) is 0 Å². The number of carbonyl (C=O) groups excluding carboxylic acids is 1. The minimum Gasteiger partial charge on any atom is -0.481 e. The molecule has 1 aromatic rings. The number of rotatable bonds is 4. The van der Waals surface area contributed by atoms with Gasteiger partial charge in [-0.05, 0) is 24.5 Å². The molecule has 0 aliphatic carbocycles. The van der Waals surface area contributed by atoms with E-state index in [0.29, 0.717) is 13.0 Å². The van der Waals surface area contributed by atoms with Crippen molar-refractivity contribution in [2.75, 3.05) is 13.1 Å². The average Bonchev–Trinajstić information content (AvgIpc) is 2.85. The molecule has 0 radical (unpaired) electrons. The molecule has 1 amide bonds. The van der Waals surface area contributed by atoms with Crippen LogP contribution in [0, 0.1) is 21.8 Å². The predicted molar refractivity (Wildman–Crippen MR) is 69.3 cm³/mol. The van der Waals surface area contributed by atoms with Gasteiger partial charge < -0.3 is 10.0 Å². The van der Waals surface area contributed by atoms with E-state index in [1.54, 1.807) is 0 Å². The number of carbonyl (C=O) groups is 2. The quantitative estimate of drug-likeness (QED) is 0.672. The number of benzene rings is 1. The van der Waals surface area contributed by atoms with Crippen molar-refractivity contribution in [3.05, 3.63) is 39.7 Å². The van der Waals surface area contributed by atoms with Crippen molar-refractivity contribution in [2.45, 2.75) is 12.8 Å². The van der Waals surface area contributed by atoms with Gasteiger partial charge in [0.05, 0.1) is 4.92 Å². The van der Waals surface area contributed by atoms with Gasteiger partial charge in [0.2, 0.25) is 0 Å². The van der Waals surface area contributed by atoms with Crippen LogP contribution in [0.25, 0.3) is 0 Å². The fraction of sp³-hybridized carbons (Fsp3) is 0.385. The van der Waals surface area contributed by atoms with E-state index in [9.17, 15) is 24.1 Å². The number of halogens is 1. The second-order valence-corrected chi connectivity index (χ2v) is 4.92. The summed E-state index contributed by atoms with van der Waals surface area (Å²) in [7, 11) is 0. The molecule has 0 bridgehead atoms. The van der Waals surface area contributed by atoms with Gasteiger partial charge in [-0.2, -0.15) is 0 Å². The number of nitro groups is 1. The second-order valence-electron chi connectivity index (χ2n) is 4.92. The summed E-state index contributed by atoms with van der Waals surface area (Å²) < 4.78 is 13.2. The normalized spacial score (nSPS) is 17.8. The molecule has 112 valence electrons. The highest BCUT2D eigenvalue weighted by molar-refractivity contribution is 5.98. The maximum absolute atomic E-state index is 13.2. The molecule has 2 rings (SSSR count). The molecule has 0 aromatic heterocycles. The summed E-state index contributed by atoms with van der Waals surface area (Å²) in [6.45, 7) is 0.517. The lowest BCUT2D eigenvalue weighted by Gasteiger charge is -2.16. The first-order chi connectivity index (χ1) is 9.88. The third-order valence-electron chi connectivity index (χ3n) is 3.42. The first kappa shape index (κ1) is 14.9. The van der Waals surface area contributed by atoms with Crippen molar-refractivity contribution < 1.29 is 24.0 Å². The van der Waals surface area contributed by atoms with Crippen LogP contribution in [-0.4, -0.2) is 39.9 Å². The minimum atomic E-state index is -0.953. The molecule has 1 aromatic carbocycles. The molecule has 1 unspecified atom stereocenters. The van der Waals surface area contributed by atoms with E-state index in [-0.39, 0.29) is 24.4 Å². The number of likely N-dealkylation sites (tertiary alicyclic amines) is 1. The van der Waals surface area contributed by atoms with Gasteiger partial charge in [-0.1, -0.05) is 0 Å². The molecule has 1 heterocycles. The Balaban J connectivity index is 2.19. The van der Waals surface area contributed by atoms with Gasteiger partial charge in [-0.3, -0.25) is 19.7 Å². The van der Waals surface area contributed by atoms with Gasteiger partial charge in [0, 0.05) is 25.6 Å². The first-order valence-electron chi connectivity index (χ1n) is 6.33. The molecule has 1 saturated heterocycles. The van der Waals surface area contributed by atoms with E-state index < -0.39 is 28.3 Å². The molecular formula is C13H13FN2O5. The number of carboxylic acid groups (broad SMARTS) is 1. The van der Waals surface area contributed by atoms with Gasteiger partial charge in [0.1, 0.15) is 11.4 Å². The van der Waals surface area contributed by atoms with Crippen molar-refractivity contribution >= 4 is 17.6 Å². The fourth-order valence-corrected chi connectivity index (χ4v) is 2.44. The molecule has 1 aliphatic heterocycles. The van der Waals surface area contributed by atoms with Gasteiger partial charge in [0.15, 0.2) is 0 Å². The molecule has 0 saturated carbocycles. The van der Waals surface area contributed by atoms with Crippen LogP contribution in [-0.2, 0) is 4.79 Å².